The van der Waals surface area contributed by atoms with E-state index < -0.39 is 31.1 Å². The first-order chi connectivity index (χ1) is 10.6. The molecule has 9 nitrogen and oxygen atoms in total. The second-order valence-corrected chi connectivity index (χ2v) is 5.48. The molecule has 1 aliphatic heterocycles. The van der Waals surface area contributed by atoms with Gasteiger partial charge < -0.3 is 25.8 Å². The number of rotatable bonds is 4. The van der Waals surface area contributed by atoms with Gasteiger partial charge in [0.2, 0.25) is 0 Å². The minimum Gasteiger partial charge on any atom is -0.394 e. The van der Waals surface area contributed by atoms with E-state index in [1.807, 2.05) is 0 Å². The molecule has 1 fully saturated rings. The molecule has 0 amide bonds. The van der Waals surface area contributed by atoms with Crippen LogP contribution in [0.15, 0.2) is 6.33 Å². The van der Waals surface area contributed by atoms with Crippen molar-refractivity contribution in [1.29, 1.82) is 0 Å². The Labute approximate surface area is 131 Å². The van der Waals surface area contributed by atoms with E-state index in [9.17, 15) is 15.3 Å². The number of fused-ring (bicyclic) bond motifs is 1. The van der Waals surface area contributed by atoms with E-state index >= 15 is 0 Å². The molecule has 4 atom stereocenters. The number of aliphatic hydroxyl groups excluding tert-OH is 3. The summed E-state index contributed by atoms with van der Waals surface area (Å²) < 4.78 is 7.14. The molecule has 0 radical (unpaired) electrons. The molecule has 22 heavy (non-hydrogen) atoms. The largest absolute Gasteiger partial charge is 0.394 e. The minimum absolute atomic E-state index is 0.218. The van der Waals surface area contributed by atoms with E-state index in [-0.39, 0.29) is 5.82 Å². The van der Waals surface area contributed by atoms with E-state index in [2.05, 4.69) is 27.6 Å². The molecule has 2 aromatic rings. The summed E-state index contributed by atoms with van der Waals surface area (Å²) in [5.74, 6) is 1.30. The quantitative estimate of drug-likeness (QED) is 0.427. The molecule has 1 aliphatic rings. The van der Waals surface area contributed by atoms with Gasteiger partial charge in [-0.25, -0.2) is 15.0 Å². The van der Waals surface area contributed by atoms with E-state index in [1.165, 1.54) is 6.33 Å². The Morgan fingerprint density at radius 1 is 1.32 bits per heavy atom. The van der Waals surface area contributed by atoms with Crippen molar-refractivity contribution in [2.24, 2.45) is 0 Å². The van der Waals surface area contributed by atoms with E-state index in [0.717, 1.165) is 0 Å². The molecule has 2 aromatic heterocycles. The van der Waals surface area contributed by atoms with Crippen LogP contribution in [-0.4, -0.2) is 65.5 Å². The van der Waals surface area contributed by atoms with Gasteiger partial charge in [-0.15, -0.1) is 0 Å². The van der Waals surface area contributed by atoms with Crippen LogP contribution in [0.5, 0.6) is 0 Å². The second kappa shape index (κ2) is 5.97. The maximum atomic E-state index is 10.2. The minimum atomic E-state index is -1.22. The summed E-state index contributed by atoms with van der Waals surface area (Å²) in [6, 6.07) is 0. The number of nitrogens with two attached hydrogens (primary N) is 1. The predicted molar refractivity (Wildman–Crippen MR) is 80.3 cm³/mol. The Bertz CT molecular complexity index is 681. The highest BCUT2D eigenvalue weighted by atomic mass is 32.1. The molecule has 3 rings (SSSR count). The Kier molecular flexibility index (Phi) is 4.19. The van der Waals surface area contributed by atoms with Crippen LogP contribution in [-0.2, 0) is 11.2 Å². The van der Waals surface area contributed by atoms with Crippen molar-refractivity contribution in [3.8, 4) is 0 Å². The molecule has 120 valence electrons. The first-order valence-corrected chi connectivity index (χ1v) is 7.42. The average molecular weight is 327 g/mol. The van der Waals surface area contributed by atoms with Crippen molar-refractivity contribution in [3.05, 3.63) is 12.2 Å². The summed E-state index contributed by atoms with van der Waals surface area (Å²) >= 11 is 4.19. The second-order valence-electron chi connectivity index (χ2n) is 5.03. The Morgan fingerprint density at radius 3 is 2.73 bits per heavy atom. The third kappa shape index (κ3) is 2.32. The summed E-state index contributed by atoms with van der Waals surface area (Å²) in [4.78, 5) is 12.4. The van der Waals surface area contributed by atoms with Crippen LogP contribution in [0.3, 0.4) is 0 Å². The third-order valence-electron chi connectivity index (χ3n) is 3.69. The number of nitrogens with zero attached hydrogens (tertiary/aromatic N) is 4. The monoisotopic (exact) mass is 327 g/mol. The van der Waals surface area contributed by atoms with E-state index in [1.54, 1.807) is 4.57 Å². The normalized spacial score (nSPS) is 28.5. The number of aliphatic hydroxyl groups is 3. The first kappa shape index (κ1) is 15.4. The van der Waals surface area contributed by atoms with Crippen LogP contribution >= 0.6 is 12.6 Å². The van der Waals surface area contributed by atoms with Crippen molar-refractivity contribution >= 4 is 29.6 Å². The van der Waals surface area contributed by atoms with Gasteiger partial charge in [-0.2, -0.15) is 12.6 Å². The molecule has 0 aromatic carbocycles. The number of hydrogen-bond donors (Lipinski definition) is 5. The van der Waals surface area contributed by atoms with Crippen LogP contribution in [0, 0.1) is 0 Å². The van der Waals surface area contributed by atoms with Crippen molar-refractivity contribution in [2.75, 3.05) is 18.1 Å². The number of hydrogen-bond acceptors (Lipinski definition) is 9. The number of ether oxygens (including phenoxy) is 1. The fourth-order valence-electron chi connectivity index (χ4n) is 2.61. The predicted octanol–water partition coefficient (Wildman–Crippen LogP) is -1.51. The molecule has 3 heterocycles. The highest BCUT2D eigenvalue weighted by molar-refractivity contribution is 7.80. The maximum absolute atomic E-state index is 10.2. The van der Waals surface area contributed by atoms with Crippen molar-refractivity contribution < 1.29 is 20.1 Å². The van der Waals surface area contributed by atoms with Gasteiger partial charge in [-0.05, 0) is 5.75 Å². The first-order valence-electron chi connectivity index (χ1n) is 6.79. The average Bonchev–Trinajstić information content (AvgIpc) is 3.00. The summed E-state index contributed by atoms with van der Waals surface area (Å²) in [7, 11) is 0. The zero-order valence-electron chi connectivity index (χ0n) is 11.6. The number of aromatic nitrogens is 4. The van der Waals surface area contributed by atoms with Crippen LogP contribution in [0.4, 0.5) is 5.82 Å². The number of aryl methyl sites for hydroxylation is 1. The molecular weight excluding hydrogens is 310 g/mol. The fourth-order valence-corrected chi connectivity index (χ4v) is 2.81. The standard InChI is InChI=1S/C12H17N5O4S/c13-10-7-11(15-4-14-10)17(6(16-7)1-2-22)12-9(20)8(19)5(3-18)21-12/h4-5,8-9,12,18-20,22H,1-3H2,(H2,13,14,15)/t5-,8?,9?,12-/m1/s1. The molecular formula is C12H17N5O4S. The molecule has 1 saturated heterocycles. The summed E-state index contributed by atoms with van der Waals surface area (Å²) in [6.45, 7) is -0.402. The van der Waals surface area contributed by atoms with Gasteiger partial charge in [0, 0.05) is 6.42 Å². The van der Waals surface area contributed by atoms with Gasteiger partial charge in [0.15, 0.2) is 23.2 Å². The van der Waals surface area contributed by atoms with Crippen LogP contribution in [0.1, 0.15) is 12.1 Å². The Hall–Kier alpha value is -1.46. The zero-order valence-corrected chi connectivity index (χ0v) is 12.5. The lowest BCUT2D eigenvalue weighted by molar-refractivity contribution is -0.0522. The van der Waals surface area contributed by atoms with E-state index in [0.29, 0.717) is 29.2 Å². The highest BCUT2D eigenvalue weighted by Crippen LogP contribution is 2.33. The van der Waals surface area contributed by atoms with Gasteiger partial charge in [0.25, 0.3) is 0 Å². The summed E-state index contributed by atoms with van der Waals surface area (Å²) in [5, 5.41) is 29.4. The van der Waals surface area contributed by atoms with Crippen molar-refractivity contribution in [2.45, 2.75) is 31.0 Å². The van der Waals surface area contributed by atoms with Crippen molar-refractivity contribution in [1.82, 2.24) is 19.5 Å². The zero-order chi connectivity index (χ0) is 15.9. The van der Waals surface area contributed by atoms with Crippen molar-refractivity contribution in [3.63, 3.8) is 0 Å². The lowest BCUT2D eigenvalue weighted by Crippen LogP contribution is -2.33. The van der Waals surface area contributed by atoms with Crippen LogP contribution < -0.4 is 5.73 Å². The third-order valence-corrected chi connectivity index (χ3v) is 3.91. The number of nitrogen functional groups attached to an aromatic ring is 1. The summed E-state index contributed by atoms with van der Waals surface area (Å²) in [6.07, 6.45) is -2.42. The number of thiol groups is 1. The topological polar surface area (TPSA) is 140 Å². The lowest BCUT2D eigenvalue weighted by Gasteiger charge is -2.19. The Balaban J connectivity index is 2.13. The SMILES string of the molecule is Nc1ncnc2c1nc(CCS)n2[C@@H]1O[C@H](CO)C(O)C1O. The van der Waals surface area contributed by atoms with Gasteiger partial charge >= 0.3 is 0 Å². The number of imidazole rings is 1. The summed E-state index contributed by atoms with van der Waals surface area (Å²) in [5.41, 5.74) is 6.61. The molecule has 10 heteroatoms. The maximum Gasteiger partial charge on any atom is 0.167 e. The van der Waals surface area contributed by atoms with Gasteiger partial charge in [0.1, 0.15) is 30.5 Å². The fraction of sp³-hybridized carbons (Fsp3) is 0.583. The van der Waals surface area contributed by atoms with Crippen LogP contribution in [0.2, 0.25) is 0 Å². The number of anilines is 1. The molecule has 0 spiro atoms. The molecule has 2 unspecified atom stereocenters. The van der Waals surface area contributed by atoms with Crippen LogP contribution in [0.25, 0.3) is 11.2 Å². The lowest BCUT2D eigenvalue weighted by atomic mass is 10.1. The Morgan fingerprint density at radius 2 is 2.09 bits per heavy atom. The molecule has 0 aliphatic carbocycles. The molecule has 0 bridgehead atoms. The highest BCUT2D eigenvalue weighted by Gasteiger charge is 2.44. The van der Waals surface area contributed by atoms with Gasteiger partial charge in [-0.1, -0.05) is 0 Å². The molecule has 5 N–H and O–H groups in total. The van der Waals surface area contributed by atoms with Gasteiger partial charge in [0.05, 0.1) is 6.61 Å². The van der Waals surface area contributed by atoms with E-state index in [4.69, 9.17) is 10.5 Å². The van der Waals surface area contributed by atoms with Gasteiger partial charge in [-0.3, -0.25) is 4.57 Å². The molecule has 0 saturated carbocycles. The smallest absolute Gasteiger partial charge is 0.167 e.